The van der Waals surface area contributed by atoms with Crippen LogP contribution in [-0.4, -0.2) is 60.5 Å². The van der Waals surface area contributed by atoms with Crippen molar-refractivity contribution >= 4 is 33.0 Å². The highest BCUT2D eigenvalue weighted by Gasteiger charge is 2.50. The van der Waals surface area contributed by atoms with Crippen LogP contribution in [0.15, 0.2) is 23.1 Å². The molecule has 0 bridgehead atoms. The summed E-state index contributed by atoms with van der Waals surface area (Å²) in [7, 11) is -3.55. The summed E-state index contributed by atoms with van der Waals surface area (Å²) >= 11 is 1.17. The first-order valence-corrected chi connectivity index (χ1v) is 13.9. The van der Waals surface area contributed by atoms with Crippen molar-refractivity contribution in [3.05, 3.63) is 34.8 Å². The van der Waals surface area contributed by atoms with Crippen LogP contribution in [0.2, 0.25) is 0 Å². The molecule has 2 aliphatic heterocycles. The van der Waals surface area contributed by atoms with E-state index in [1.54, 1.807) is 0 Å². The lowest BCUT2D eigenvalue weighted by Gasteiger charge is -2.45. The highest BCUT2D eigenvalue weighted by atomic mass is 32.2. The second-order valence-corrected chi connectivity index (χ2v) is 11.9. The Labute approximate surface area is 198 Å². The summed E-state index contributed by atoms with van der Waals surface area (Å²) in [4.78, 5) is 20.5. The van der Waals surface area contributed by atoms with Gasteiger partial charge < -0.3 is 15.5 Å². The molecule has 0 unspecified atom stereocenters. The van der Waals surface area contributed by atoms with Gasteiger partial charge in [-0.2, -0.15) is 4.37 Å². The van der Waals surface area contributed by atoms with Crippen LogP contribution in [0, 0.1) is 5.82 Å². The second-order valence-electron chi connectivity index (χ2n) is 9.14. The van der Waals surface area contributed by atoms with E-state index in [2.05, 4.69) is 20.0 Å². The molecule has 2 N–H and O–H groups in total. The van der Waals surface area contributed by atoms with Crippen LogP contribution >= 0.6 is 11.5 Å². The van der Waals surface area contributed by atoms with Crippen LogP contribution in [0.1, 0.15) is 56.3 Å². The summed E-state index contributed by atoms with van der Waals surface area (Å²) in [5, 5.41) is 7.00. The Balaban J connectivity index is 1.75. The molecule has 1 amide bonds. The zero-order valence-electron chi connectivity index (χ0n) is 19.1. The lowest BCUT2D eigenvalue weighted by molar-refractivity contribution is -0.142. The minimum atomic E-state index is -3.55. The van der Waals surface area contributed by atoms with Gasteiger partial charge in [0, 0.05) is 24.8 Å². The Morgan fingerprint density at radius 3 is 2.64 bits per heavy atom. The molecule has 1 aromatic carbocycles. The number of amides is 1. The van der Waals surface area contributed by atoms with E-state index in [0.29, 0.717) is 23.8 Å². The molecule has 180 valence electrons. The minimum Gasteiger partial charge on any atom is -0.363 e. The minimum absolute atomic E-state index is 0.0733. The molecule has 0 saturated carbocycles. The quantitative estimate of drug-likeness (QED) is 0.635. The lowest BCUT2D eigenvalue weighted by atomic mass is 9.86. The first-order valence-electron chi connectivity index (χ1n) is 11.3. The molecule has 0 radical (unpaired) electrons. The molecule has 1 aromatic heterocycles. The van der Waals surface area contributed by atoms with Gasteiger partial charge in [0.1, 0.15) is 16.6 Å². The van der Waals surface area contributed by atoms with E-state index in [1.165, 1.54) is 23.7 Å². The number of halogens is 1. The number of likely N-dealkylation sites (tertiary alicyclic amines) is 1. The maximum absolute atomic E-state index is 15.0. The topological polar surface area (TPSA) is 104 Å². The number of nitrogens with one attached hydrogen (secondary N) is 2. The van der Waals surface area contributed by atoms with Crippen LogP contribution in [0.5, 0.6) is 0 Å². The predicted molar refractivity (Wildman–Crippen MR) is 126 cm³/mol. The van der Waals surface area contributed by atoms with Gasteiger partial charge in [0.2, 0.25) is 0 Å². The average molecular weight is 496 g/mol. The number of hydrogen-bond donors (Lipinski definition) is 2. The van der Waals surface area contributed by atoms with E-state index in [4.69, 9.17) is 0 Å². The van der Waals surface area contributed by atoms with E-state index < -0.39 is 21.2 Å². The van der Waals surface area contributed by atoms with Gasteiger partial charge in [0.15, 0.2) is 15.4 Å². The molecule has 3 heterocycles. The summed E-state index contributed by atoms with van der Waals surface area (Å²) in [6.45, 7) is 6.33. The number of hydrogen-bond acceptors (Lipinski definition) is 8. The number of rotatable bonds is 6. The van der Waals surface area contributed by atoms with Crippen molar-refractivity contribution in [1.29, 1.82) is 0 Å². The summed E-state index contributed by atoms with van der Waals surface area (Å²) < 4.78 is 43.2. The Hall–Kier alpha value is -2.11. The van der Waals surface area contributed by atoms with Gasteiger partial charge in [-0.05, 0) is 68.5 Å². The number of piperidine rings is 2. The molecule has 0 spiro atoms. The number of sulfone groups is 1. The Kier molecular flexibility index (Phi) is 6.75. The van der Waals surface area contributed by atoms with E-state index in [1.807, 2.05) is 18.7 Å². The zero-order chi connectivity index (χ0) is 23.8. The van der Waals surface area contributed by atoms with Crippen molar-refractivity contribution in [3.63, 3.8) is 0 Å². The Morgan fingerprint density at radius 2 is 2.03 bits per heavy atom. The highest BCUT2D eigenvalue weighted by Crippen LogP contribution is 2.40. The van der Waals surface area contributed by atoms with Crippen LogP contribution < -0.4 is 10.6 Å². The molecule has 2 fully saturated rings. The maximum Gasteiger partial charge on any atom is 0.255 e. The molecule has 11 heteroatoms. The number of carbonyl (C=O) groups excluding carboxylic acids is 1. The fourth-order valence-electron chi connectivity index (χ4n) is 4.50. The van der Waals surface area contributed by atoms with Crippen molar-refractivity contribution in [1.82, 2.24) is 19.6 Å². The van der Waals surface area contributed by atoms with Gasteiger partial charge >= 0.3 is 0 Å². The largest absolute Gasteiger partial charge is 0.363 e. The maximum atomic E-state index is 15.0. The standard InChI is InChI=1S/C22H30FN5O3S2/c1-14(2)19-25-20(32-27-19)22(26-18-6-5-16(13-17(18)23)33(3,30)31)9-4-12-28(21(22)29)15-7-10-24-11-8-15/h5-6,13-15,24,26H,4,7-12H2,1-3H3/t22-/m1/s1. The molecule has 2 aromatic rings. The van der Waals surface area contributed by atoms with Gasteiger partial charge in [0.25, 0.3) is 5.91 Å². The number of aromatic nitrogens is 2. The normalized spacial score (nSPS) is 22.7. The van der Waals surface area contributed by atoms with Gasteiger partial charge in [-0.15, -0.1) is 0 Å². The molecule has 4 rings (SSSR count). The van der Waals surface area contributed by atoms with Crippen LogP contribution in [0.25, 0.3) is 0 Å². The monoisotopic (exact) mass is 495 g/mol. The number of carbonyl (C=O) groups is 1. The van der Waals surface area contributed by atoms with E-state index in [9.17, 15) is 13.2 Å². The van der Waals surface area contributed by atoms with Gasteiger partial charge in [0.05, 0.1) is 10.6 Å². The van der Waals surface area contributed by atoms with Crippen LogP contribution in [0.4, 0.5) is 10.1 Å². The third-order valence-electron chi connectivity index (χ3n) is 6.37. The zero-order valence-corrected chi connectivity index (χ0v) is 20.7. The SMILES string of the molecule is CC(C)c1nsc([C@]2(Nc3ccc(S(C)(=O)=O)cc3F)CCCN(C3CCNCC3)C2=O)n1. The Morgan fingerprint density at radius 1 is 1.30 bits per heavy atom. The smallest absolute Gasteiger partial charge is 0.255 e. The van der Waals surface area contributed by atoms with Crippen molar-refractivity contribution < 1.29 is 17.6 Å². The fourth-order valence-corrected chi connectivity index (χ4v) is 6.10. The van der Waals surface area contributed by atoms with Crippen molar-refractivity contribution in [2.24, 2.45) is 0 Å². The van der Waals surface area contributed by atoms with Crippen LogP contribution in [-0.2, 0) is 20.2 Å². The third-order valence-corrected chi connectivity index (χ3v) is 8.37. The first-order chi connectivity index (χ1) is 15.6. The molecule has 2 aliphatic rings. The highest BCUT2D eigenvalue weighted by molar-refractivity contribution is 7.90. The fraction of sp³-hybridized carbons (Fsp3) is 0.591. The van der Waals surface area contributed by atoms with Crippen LogP contribution in [0.3, 0.4) is 0 Å². The van der Waals surface area contributed by atoms with Gasteiger partial charge in [-0.1, -0.05) is 13.8 Å². The summed E-state index contributed by atoms with van der Waals surface area (Å²) in [6.07, 6.45) is 3.96. The van der Waals surface area contributed by atoms with E-state index in [-0.39, 0.29) is 28.4 Å². The van der Waals surface area contributed by atoms with E-state index in [0.717, 1.165) is 44.7 Å². The molecule has 33 heavy (non-hydrogen) atoms. The molecular weight excluding hydrogens is 465 g/mol. The summed E-state index contributed by atoms with van der Waals surface area (Å²) in [5.74, 6) is -0.107. The molecule has 0 aliphatic carbocycles. The molecular formula is C22H30FN5O3S2. The van der Waals surface area contributed by atoms with Gasteiger partial charge in [-0.3, -0.25) is 4.79 Å². The molecule has 1 atom stereocenters. The van der Waals surface area contributed by atoms with Crippen molar-refractivity contribution in [2.45, 2.75) is 61.9 Å². The lowest BCUT2D eigenvalue weighted by Crippen LogP contribution is -2.59. The summed E-state index contributed by atoms with van der Waals surface area (Å²) in [5.41, 5.74) is -1.18. The average Bonchev–Trinajstić information content (AvgIpc) is 3.28. The number of nitrogens with zero attached hydrogens (tertiary/aromatic N) is 3. The second kappa shape index (κ2) is 9.27. The molecule has 8 nitrogen and oxygen atoms in total. The first kappa shape index (κ1) is 24.0. The molecule has 2 saturated heterocycles. The van der Waals surface area contributed by atoms with Crippen molar-refractivity contribution in [2.75, 3.05) is 31.2 Å². The van der Waals surface area contributed by atoms with Gasteiger partial charge in [-0.25, -0.2) is 17.8 Å². The van der Waals surface area contributed by atoms with E-state index >= 15 is 4.39 Å². The van der Waals surface area contributed by atoms with Crippen molar-refractivity contribution in [3.8, 4) is 0 Å². The number of benzene rings is 1. The summed E-state index contributed by atoms with van der Waals surface area (Å²) in [6, 6.07) is 3.85. The Bertz CT molecular complexity index is 1130. The predicted octanol–water partition coefficient (Wildman–Crippen LogP) is 2.89. The number of anilines is 1. The third kappa shape index (κ3) is 4.76.